The van der Waals surface area contributed by atoms with Gasteiger partial charge in [0.25, 0.3) is 0 Å². The third kappa shape index (κ3) is 4.92. The minimum atomic E-state index is -0.173. The van der Waals surface area contributed by atoms with E-state index in [4.69, 9.17) is 0 Å². The molecule has 22 heavy (non-hydrogen) atoms. The van der Waals surface area contributed by atoms with Crippen LogP contribution in [0.15, 0.2) is 29.2 Å². The zero-order chi connectivity index (χ0) is 16.2. The van der Waals surface area contributed by atoms with Crippen molar-refractivity contribution in [3.05, 3.63) is 29.8 Å². The summed E-state index contributed by atoms with van der Waals surface area (Å²) in [5.41, 5.74) is 1.03. The van der Waals surface area contributed by atoms with Gasteiger partial charge in [-0.25, -0.2) is 4.79 Å². The van der Waals surface area contributed by atoms with Crippen molar-refractivity contribution in [2.24, 2.45) is 5.41 Å². The van der Waals surface area contributed by atoms with Crippen LogP contribution in [-0.2, 0) is 0 Å². The van der Waals surface area contributed by atoms with Gasteiger partial charge in [-0.3, -0.25) is 0 Å². The molecule has 1 unspecified atom stereocenters. The molecule has 5 heteroatoms. The van der Waals surface area contributed by atoms with Crippen LogP contribution in [0, 0.1) is 5.41 Å². The van der Waals surface area contributed by atoms with E-state index in [1.807, 2.05) is 18.7 Å². The van der Waals surface area contributed by atoms with E-state index in [1.54, 1.807) is 0 Å². The molecule has 0 bridgehead atoms. The summed E-state index contributed by atoms with van der Waals surface area (Å²) < 4.78 is 0. The smallest absolute Gasteiger partial charge is 0.315 e. The first kappa shape index (κ1) is 17.2. The summed E-state index contributed by atoms with van der Waals surface area (Å²) in [6.07, 6.45) is 1.99. The number of thioether (sulfide) groups is 1. The van der Waals surface area contributed by atoms with E-state index < -0.39 is 0 Å². The van der Waals surface area contributed by atoms with Gasteiger partial charge in [-0.1, -0.05) is 26.0 Å². The molecule has 1 atom stereocenters. The van der Waals surface area contributed by atoms with Crippen molar-refractivity contribution >= 4 is 17.8 Å². The highest BCUT2D eigenvalue weighted by Gasteiger charge is 2.42. The van der Waals surface area contributed by atoms with Crippen molar-refractivity contribution in [1.29, 1.82) is 0 Å². The molecule has 0 aromatic heterocycles. The van der Waals surface area contributed by atoms with Gasteiger partial charge >= 0.3 is 6.03 Å². The monoisotopic (exact) mass is 322 g/mol. The van der Waals surface area contributed by atoms with Gasteiger partial charge in [-0.15, -0.1) is 11.8 Å². The maximum atomic E-state index is 11.9. The van der Waals surface area contributed by atoms with Crippen molar-refractivity contribution in [1.82, 2.24) is 10.6 Å². The average molecular weight is 322 g/mol. The highest BCUT2D eigenvalue weighted by molar-refractivity contribution is 7.99. The molecule has 0 aliphatic heterocycles. The molecule has 0 spiro atoms. The number of hydrogen-bond acceptors (Lipinski definition) is 3. The standard InChI is InChI=1S/C17H26N2O2S/c1-12(2)22-15-6-4-14(5-7-15)13(3)19-16(21)18-10-17(11-20)8-9-17/h4-7,12-13,20H,8-11H2,1-3H3,(H2,18,19,21). The van der Waals surface area contributed by atoms with Crippen molar-refractivity contribution in [2.45, 2.75) is 49.8 Å². The number of benzene rings is 1. The number of rotatable bonds is 7. The second-order valence-electron chi connectivity index (χ2n) is 6.44. The number of aliphatic hydroxyl groups excluding tert-OH is 1. The van der Waals surface area contributed by atoms with Crippen LogP contribution in [0.25, 0.3) is 0 Å². The Morgan fingerprint density at radius 1 is 1.27 bits per heavy atom. The first-order chi connectivity index (χ1) is 10.4. The molecule has 1 aromatic rings. The highest BCUT2D eigenvalue weighted by Crippen LogP contribution is 2.44. The summed E-state index contributed by atoms with van der Waals surface area (Å²) in [5, 5.41) is 15.6. The second kappa shape index (κ2) is 7.38. The molecule has 1 saturated carbocycles. The lowest BCUT2D eigenvalue weighted by atomic mass is 10.1. The molecule has 3 N–H and O–H groups in total. The van der Waals surface area contributed by atoms with Gasteiger partial charge in [0.2, 0.25) is 0 Å². The van der Waals surface area contributed by atoms with Crippen LogP contribution in [-0.4, -0.2) is 29.5 Å². The largest absolute Gasteiger partial charge is 0.396 e. The molecule has 0 radical (unpaired) electrons. The Morgan fingerprint density at radius 3 is 2.41 bits per heavy atom. The normalized spacial score (nSPS) is 17.1. The van der Waals surface area contributed by atoms with Crippen LogP contribution in [0.2, 0.25) is 0 Å². The maximum absolute atomic E-state index is 11.9. The number of hydrogen-bond donors (Lipinski definition) is 3. The Bertz CT molecular complexity index is 498. The number of aliphatic hydroxyl groups is 1. The summed E-state index contributed by atoms with van der Waals surface area (Å²) in [4.78, 5) is 13.2. The number of urea groups is 1. The van der Waals surface area contributed by atoms with E-state index in [1.165, 1.54) is 4.90 Å². The highest BCUT2D eigenvalue weighted by atomic mass is 32.2. The van der Waals surface area contributed by atoms with E-state index in [9.17, 15) is 9.90 Å². The molecule has 4 nitrogen and oxygen atoms in total. The zero-order valence-corrected chi connectivity index (χ0v) is 14.4. The molecular weight excluding hydrogens is 296 g/mol. The lowest BCUT2D eigenvalue weighted by Crippen LogP contribution is -2.40. The molecule has 1 aliphatic rings. The van der Waals surface area contributed by atoms with E-state index in [0.717, 1.165) is 18.4 Å². The molecule has 2 rings (SSSR count). The van der Waals surface area contributed by atoms with Crippen LogP contribution in [0.4, 0.5) is 4.79 Å². The summed E-state index contributed by atoms with van der Waals surface area (Å²) >= 11 is 1.83. The topological polar surface area (TPSA) is 61.4 Å². The molecule has 0 heterocycles. The fourth-order valence-corrected chi connectivity index (χ4v) is 3.11. The molecule has 1 aliphatic carbocycles. The van der Waals surface area contributed by atoms with Gasteiger partial charge in [0.15, 0.2) is 0 Å². The maximum Gasteiger partial charge on any atom is 0.315 e. The molecule has 122 valence electrons. The minimum Gasteiger partial charge on any atom is -0.396 e. The average Bonchev–Trinajstić information content (AvgIpc) is 3.26. The van der Waals surface area contributed by atoms with Crippen molar-refractivity contribution < 1.29 is 9.90 Å². The van der Waals surface area contributed by atoms with Gasteiger partial charge in [0.1, 0.15) is 0 Å². The van der Waals surface area contributed by atoms with Gasteiger partial charge in [0, 0.05) is 22.1 Å². The molecule has 0 saturated heterocycles. The fraction of sp³-hybridized carbons (Fsp3) is 0.588. The summed E-state index contributed by atoms with van der Waals surface area (Å²) in [5.74, 6) is 0. The van der Waals surface area contributed by atoms with Crippen LogP contribution in [0.3, 0.4) is 0 Å². The second-order valence-corrected chi connectivity index (χ2v) is 8.09. The van der Waals surface area contributed by atoms with Gasteiger partial charge in [0.05, 0.1) is 12.6 Å². The molecule has 1 fully saturated rings. The Kier molecular flexibility index (Phi) is 5.75. The fourth-order valence-electron chi connectivity index (χ4n) is 2.27. The molecule has 1 aromatic carbocycles. The number of nitrogens with one attached hydrogen (secondary N) is 2. The SMILES string of the molecule is CC(C)Sc1ccc(C(C)NC(=O)NCC2(CO)CC2)cc1. The van der Waals surface area contributed by atoms with Crippen LogP contribution < -0.4 is 10.6 Å². The predicted molar refractivity (Wildman–Crippen MR) is 91.1 cm³/mol. The number of amides is 2. The summed E-state index contributed by atoms with van der Waals surface area (Å²) in [7, 11) is 0. The van der Waals surface area contributed by atoms with Gasteiger partial charge in [-0.05, 0) is 37.5 Å². The summed E-state index contributed by atoms with van der Waals surface area (Å²) in [6.45, 7) is 7.02. The van der Waals surface area contributed by atoms with Gasteiger partial charge < -0.3 is 15.7 Å². The van der Waals surface area contributed by atoms with Crippen molar-refractivity contribution in [3.8, 4) is 0 Å². The van der Waals surface area contributed by atoms with Crippen LogP contribution in [0.5, 0.6) is 0 Å². The third-order valence-corrected chi connectivity index (χ3v) is 5.03. The number of carbonyl (C=O) groups excluding carboxylic acids is 1. The van der Waals surface area contributed by atoms with Crippen molar-refractivity contribution in [3.63, 3.8) is 0 Å². The van der Waals surface area contributed by atoms with Gasteiger partial charge in [-0.2, -0.15) is 0 Å². The Hall–Kier alpha value is -1.20. The van der Waals surface area contributed by atoms with Crippen LogP contribution in [0.1, 0.15) is 45.2 Å². The quantitative estimate of drug-likeness (QED) is 0.675. The first-order valence-corrected chi connectivity index (χ1v) is 8.74. The summed E-state index contributed by atoms with van der Waals surface area (Å²) in [6, 6.07) is 8.11. The number of carbonyl (C=O) groups is 1. The van der Waals surface area contributed by atoms with Crippen LogP contribution >= 0.6 is 11.8 Å². The molecular formula is C17H26N2O2S. The van der Waals surface area contributed by atoms with E-state index >= 15 is 0 Å². The van der Waals surface area contributed by atoms with E-state index in [0.29, 0.717) is 11.8 Å². The minimum absolute atomic E-state index is 0.0395. The van der Waals surface area contributed by atoms with E-state index in [-0.39, 0.29) is 24.1 Å². The zero-order valence-electron chi connectivity index (χ0n) is 13.6. The Labute approximate surface area is 137 Å². The first-order valence-electron chi connectivity index (χ1n) is 7.86. The predicted octanol–water partition coefficient (Wildman–Crippen LogP) is 3.32. The third-order valence-electron chi connectivity index (χ3n) is 4.02. The lowest BCUT2D eigenvalue weighted by molar-refractivity contribution is 0.202. The lowest BCUT2D eigenvalue weighted by Gasteiger charge is -2.18. The van der Waals surface area contributed by atoms with Crippen molar-refractivity contribution in [2.75, 3.05) is 13.2 Å². The van der Waals surface area contributed by atoms with E-state index in [2.05, 4.69) is 48.7 Å². The molecule has 2 amide bonds. The Balaban J connectivity index is 1.80. The Morgan fingerprint density at radius 2 is 1.91 bits per heavy atom.